The Morgan fingerprint density at radius 3 is 2.24 bits per heavy atom. The summed E-state index contributed by atoms with van der Waals surface area (Å²) in [4.78, 5) is 12.2. The second-order valence-electron chi connectivity index (χ2n) is 6.93. The zero-order chi connectivity index (χ0) is 17.2. The van der Waals surface area contributed by atoms with E-state index >= 15 is 0 Å². The molecule has 4 rings (SSSR count). The van der Waals surface area contributed by atoms with Gasteiger partial charge in [-0.15, -0.1) is 0 Å². The van der Waals surface area contributed by atoms with E-state index < -0.39 is 0 Å². The minimum absolute atomic E-state index is 0.0284. The normalized spacial score (nSPS) is 16.8. The molecule has 2 N–H and O–H groups in total. The van der Waals surface area contributed by atoms with Crippen LogP contribution in [0.5, 0.6) is 0 Å². The molecular formula is C21H23NO3. The third kappa shape index (κ3) is 3.27. The maximum absolute atomic E-state index is 12.2. The fourth-order valence-corrected chi connectivity index (χ4v) is 3.85. The summed E-state index contributed by atoms with van der Waals surface area (Å²) in [5.74, 6) is 0.572. The van der Waals surface area contributed by atoms with Crippen LogP contribution in [0.1, 0.15) is 36.3 Å². The molecule has 1 saturated carbocycles. The smallest absolute Gasteiger partial charge is 0.407 e. The predicted molar refractivity (Wildman–Crippen MR) is 96.4 cm³/mol. The number of benzene rings is 2. The summed E-state index contributed by atoms with van der Waals surface area (Å²) in [7, 11) is 0. The summed E-state index contributed by atoms with van der Waals surface area (Å²) in [5, 5.41) is 12.1. The first-order valence-corrected chi connectivity index (χ1v) is 9.00. The van der Waals surface area contributed by atoms with Crippen LogP contribution >= 0.6 is 0 Å². The third-order valence-electron chi connectivity index (χ3n) is 5.28. The lowest BCUT2D eigenvalue weighted by Crippen LogP contribution is -2.38. The molecule has 2 aliphatic rings. The first-order chi connectivity index (χ1) is 12.3. The first kappa shape index (κ1) is 16.2. The van der Waals surface area contributed by atoms with Crippen LogP contribution in [0, 0.1) is 5.92 Å². The second kappa shape index (κ2) is 6.89. The van der Waals surface area contributed by atoms with Crippen molar-refractivity contribution in [2.75, 3.05) is 13.2 Å². The van der Waals surface area contributed by atoms with Crippen LogP contribution in [0.25, 0.3) is 11.1 Å². The molecular weight excluding hydrogens is 314 g/mol. The van der Waals surface area contributed by atoms with Gasteiger partial charge in [-0.2, -0.15) is 0 Å². The van der Waals surface area contributed by atoms with Crippen molar-refractivity contribution >= 4 is 6.09 Å². The van der Waals surface area contributed by atoms with Crippen LogP contribution in [0.15, 0.2) is 48.5 Å². The Balaban J connectivity index is 1.45. The first-order valence-electron chi connectivity index (χ1n) is 9.00. The van der Waals surface area contributed by atoms with Gasteiger partial charge in [0.05, 0.1) is 0 Å². The van der Waals surface area contributed by atoms with Gasteiger partial charge >= 0.3 is 6.09 Å². The van der Waals surface area contributed by atoms with E-state index in [0.29, 0.717) is 18.9 Å². The molecule has 130 valence electrons. The maximum atomic E-state index is 12.2. The quantitative estimate of drug-likeness (QED) is 0.845. The molecule has 2 aliphatic carbocycles. The van der Waals surface area contributed by atoms with E-state index in [9.17, 15) is 4.79 Å². The van der Waals surface area contributed by atoms with E-state index in [1.165, 1.54) is 22.3 Å². The van der Waals surface area contributed by atoms with E-state index in [2.05, 4.69) is 29.6 Å². The van der Waals surface area contributed by atoms with Crippen molar-refractivity contribution in [2.24, 2.45) is 5.92 Å². The highest BCUT2D eigenvalue weighted by Gasteiger charge is 2.33. The third-order valence-corrected chi connectivity index (χ3v) is 5.28. The molecule has 4 heteroatoms. The molecule has 1 atom stereocenters. The van der Waals surface area contributed by atoms with E-state index in [4.69, 9.17) is 9.84 Å². The van der Waals surface area contributed by atoms with Gasteiger partial charge in [0.15, 0.2) is 0 Å². The average molecular weight is 337 g/mol. The minimum atomic E-state index is -0.382. The molecule has 0 saturated heterocycles. The van der Waals surface area contributed by atoms with Gasteiger partial charge < -0.3 is 15.2 Å². The van der Waals surface area contributed by atoms with Gasteiger partial charge in [0.1, 0.15) is 6.61 Å². The molecule has 2 aromatic carbocycles. The van der Waals surface area contributed by atoms with E-state index in [-0.39, 0.29) is 24.7 Å². The number of amides is 1. The average Bonchev–Trinajstić information content (AvgIpc) is 3.43. The molecule has 4 nitrogen and oxygen atoms in total. The van der Waals surface area contributed by atoms with Gasteiger partial charge in [0, 0.05) is 18.6 Å². The Kier molecular flexibility index (Phi) is 4.45. The summed E-state index contributed by atoms with van der Waals surface area (Å²) in [6.07, 6.45) is 2.45. The van der Waals surface area contributed by atoms with E-state index in [1.807, 2.05) is 24.3 Å². The van der Waals surface area contributed by atoms with Crippen LogP contribution < -0.4 is 5.32 Å². The van der Waals surface area contributed by atoms with Gasteiger partial charge in [-0.1, -0.05) is 48.5 Å². The number of hydrogen-bond acceptors (Lipinski definition) is 3. The standard InChI is InChI=1S/C21H23NO3/c23-12-11-20(14-9-10-14)22-21(24)25-13-19-17-7-3-1-5-15(17)16-6-2-4-8-18(16)19/h1-8,14,19-20,23H,9-13H2,(H,22,24). The number of carbonyl (C=O) groups excluding carboxylic acids is 1. The molecule has 0 spiro atoms. The number of aliphatic hydroxyl groups is 1. The highest BCUT2D eigenvalue weighted by molar-refractivity contribution is 5.79. The van der Waals surface area contributed by atoms with Crippen LogP contribution in [-0.4, -0.2) is 30.5 Å². The fraction of sp³-hybridized carbons (Fsp3) is 0.381. The lowest BCUT2D eigenvalue weighted by Gasteiger charge is -2.19. The minimum Gasteiger partial charge on any atom is -0.449 e. The highest BCUT2D eigenvalue weighted by Crippen LogP contribution is 2.44. The molecule has 1 amide bonds. The van der Waals surface area contributed by atoms with Crippen LogP contribution in [0.3, 0.4) is 0 Å². The monoisotopic (exact) mass is 337 g/mol. The number of aliphatic hydroxyl groups excluding tert-OH is 1. The Morgan fingerprint density at radius 1 is 1.08 bits per heavy atom. The number of ether oxygens (including phenoxy) is 1. The second-order valence-corrected chi connectivity index (χ2v) is 6.93. The van der Waals surface area contributed by atoms with E-state index in [0.717, 1.165) is 12.8 Å². The molecule has 25 heavy (non-hydrogen) atoms. The van der Waals surface area contributed by atoms with Crippen molar-refractivity contribution in [3.8, 4) is 11.1 Å². The van der Waals surface area contributed by atoms with Crippen molar-refractivity contribution in [1.82, 2.24) is 5.32 Å². The van der Waals surface area contributed by atoms with Crippen LogP contribution in [-0.2, 0) is 4.74 Å². The summed E-state index contributed by atoms with van der Waals surface area (Å²) in [6.45, 7) is 0.418. The SMILES string of the molecule is O=C(NC(CCO)C1CC1)OCC1c2ccccc2-c2ccccc21. The Bertz CT molecular complexity index is 724. The lowest BCUT2D eigenvalue weighted by molar-refractivity contribution is 0.135. The number of nitrogens with one attached hydrogen (secondary N) is 1. The summed E-state index contributed by atoms with van der Waals surface area (Å²) in [5.41, 5.74) is 4.88. The summed E-state index contributed by atoms with van der Waals surface area (Å²) in [6, 6.07) is 16.6. The van der Waals surface area contributed by atoms with Crippen molar-refractivity contribution < 1.29 is 14.6 Å². The number of rotatable bonds is 6. The van der Waals surface area contributed by atoms with Crippen molar-refractivity contribution in [1.29, 1.82) is 0 Å². The molecule has 1 fully saturated rings. The fourth-order valence-electron chi connectivity index (χ4n) is 3.85. The van der Waals surface area contributed by atoms with Gasteiger partial charge in [-0.3, -0.25) is 0 Å². The molecule has 0 aromatic heterocycles. The lowest BCUT2D eigenvalue weighted by atomic mass is 9.98. The van der Waals surface area contributed by atoms with Gasteiger partial charge in [0.2, 0.25) is 0 Å². The molecule has 0 heterocycles. The van der Waals surface area contributed by atoms with Crippen LogP contribution in [0.4, 0.5) is 4.79 Å². The number of alkyl carbamates (subject to hydrolysis) is 1. The van der Waals surface area contributed by atoms with Crippen molar-refractivity contribution in [2.45, 2.75) is 31.2 Å². The Hall–Kier alpha value is -2.33. The van der Waals surface area contributed by atoms with Gasteiger partial charge in [-0.05, 0) is 47.4 Å². The molecule has 0 aliphatic heterocycles. The Labute approximate surface area is 147 Å². The zero-order valence-electron chi connectivity index (χ0n) is 14.2. The summed E-state index contributed by atoms with van der Waals surface area (Å²) >= 11 is 0. The predicted octanol–water partition coefficient (Wildman–Crippen LogP) is 3.69. The highest BCUT2D eigenvalue weighted by atomic mass is 16.5. The molecule has 2 aromatic rings. The number of fused-ring (bicyclic) bond motifs is 3. The number of carbonyl (C=O) groups is 1. The Morgan fingerprint density at radius 2 is 1.68 bits per heavy atom. The molecule has 1 unspecified atom stereocenters. The maximum Gasteiger partial charge on any atom is 0.407 e. The van der Waals surface area contributed by atoms with Crippen LogP contribution in [0.2, 0.25) is 0 Å². The van der Waals surface area contributed by atoms with E-state index in [1.54, 1.807) is 0 Å². The van der Waals surface area contributed by atoms with Gasteiger partial charge in [-0.25, -0.2) is 4.79 Å². The number of hydrogen-bond donors (Lipinski definition) is 2. The van der Waals surface area contributed by atoms with Crippen molar-refractivity contribution in [3.05, 3.63) is 59.7 Å². The summed E-state index contributed by atoms with van der Waals surface area (Å²) < 4.78 is 5.56. The van der Waals surface area contributed by atoms with Gasteiger partial charge in [0.25, 0.3) is 0 Å². The van der Waals surface area contributed by atoms with Crippen molar-refractivity contribution in [3.63, 3.8) is 0 Å². The molecule has 0 radical (unpaired) electrons. The molecule has 0 bridgehead atoms. The zero-order valence-corrected chi connectivity index (χ0v) is 14.2. The largest absolute Gasteiger partial charge is 0.449 e. The topological polar surface area (TPSA) is 58.6 Å².